The number of benzene rings is 14. The van der Waals surface area contributed by atoms with Gasteiger partial charge in [0, 0.05) is 78.8 Å². The van der Waals surface area contributed by atoms with Crippen LogP contribution in [0.5, 0.6) is 51.7 Å². The number of phenols is 7. The molecule has 0 aliphatic rings. The van der Waals surface area contributed by atoms with E-state index in [1.165, 1.54) is 13.8 Å². The molecule has 0 aliphatic carbocycles. The van der Waals surface area contributed by atoms with Gasteiger partial charge in [-0.05, 0) is 210 Å². The van der Waals surface area contributed by atoms with Crippen LogP contribution < -0.4 is 9.47 Å². The Morgan fingerprint density at radius 2 is 0.615 bits per heavy atom. The van der Waals surface area contributed by atoms with Crippen molar-refractivity contribution >= 4 is 129 Å². The standard InChI is InChI=1S/C17H16O5.C17H16O4.C16H16O4.C16H16O3.2C15H14O3.C14H12O3/c1-11(2)16(19)21-9-10-22-17(20)14-7-3-6-13-12(14)5-4-8-15(13)18;1-11(2)17(20)21-10-16(19)8-12-3-4-14-9-15(18)6-5-13(14)7-12;1-11(2)16(18)20-10-9-19-15-8-4-5-12-13(15)6-3-7-14(12)17;1-11(2)16(18)19-10-9-12-5-3-7-14-13(12)6-4-8-15(14)17;1-10(2)15(17)18-9-11-5-3-7-13-12(11)6-4-8-14(13)16;1-10(2)15(17)18-9-11-3-4-13-8-14(16)6-5-12(13)7-11;1-9(2)14(16)17-13-6-4-10-7-12(15)5-3-11(10)8-13/h3-8,18H,1,9-10H2,2H3;3-7,9,18H,1,8,10H2,2H3;3-8,17H,1,9-10H2,2H3;3-8,17H,1,9-10H2,2H3;2*3-8,16H,1,9H2,2H3;3-8,15H,1H2,2H3. The van der Waals surface area contributed by atoms with E-state index in [1.807, 2.05) is 109 Å². The second kappa shape index (κ2) is 50.8. The van der Waals surface area contributed by atoms with Crippen LogP contribution in [0, 0.1) is 0 Å². The third-order valence-corrected chi connectivity index (χ3v) is 19.4. The van der Waals surface area contributed by atoms with E-state index in [-0.39, 0.29) is 122 Å². The molecule has 0 aliphatic heterocycles. The van der Waals surface area contributed by atoms with E-state index < -0.39 is 35.8 Å². The van der Waals surface area contributed by atoms with Crippen LogP contribution in [-0.4, -0.2) is 129 Å². The molecule has 0 heterocycles. The Morgan fingerprint density at radius 1 is 0.274 bits per heavy atom. The smallest absolute Gasteiger partial charge is 0.338 e. The van der Waals surface area contributed by atoms with Crippen LogP contribution >= 0.6 is 0 Å². The highest BCUT2D eigenvalue weighted by Gasteiger charge is 2.18. The summed E-state index contributed by atoms with van der Waals surface area (Å²) in [6.07, 6.45) is 0.806. The van der Waals surface area contributed by atoms with Crippen molar-refractivity contribution in [3.8, 4) is 51.7 Å². The Morgan fingerprint density at radius 3 is 1.11 bits per heavy atom. The number of rotatable bonds is 27. The maximum atomic E-state index is 12.1. The number of Topliss-reactive ketones (excluding diaryl/α,β-unsaturated/α-hetero) is 1. The fourth-order valence-corrected chi connectivity index (χ4v) is 12.5. The molecule has 14 aromatic carbocycles. The second-order valence-corrected chi connectivity index (χ2v) is 30.7. The van der Waals surface area contributed by atoms with Crippen LogP contribution in [0.2, 0.25) is 0 Å². The molecule has 0 bridgehead atoms. The first kappa shape index (κ1) is 103. The molecule has 7 N–H and O–H groups in total. The van der Waals surface area contributed by atoms with Crippen molar-refractivity contribution in [2.75, 3.05) is 39.6 Å². The third-order valence-electron chi connectivity index (χ3n) is 19.4. The lowest BCUT2D eigenvalue weighted by Gasteiger charge is -2.10. The van der Waals surface area contributed by atoms with Gasteiger partial charge in [0.05, 0.1) is 12.2 Å². The number of hydrogen-bond donors (Lipinski definition) is 7. The van der Waals surface area contributed by atoms with Gasteiger partial charge in [0.2, 0.25) is 0 Å². The summed E-state index contributed by atoms with van der Waals surface area (Å²) in [6.45, 7) is 36.4. The van der Waals surface area contributed by atoms with Gasteiger partial charge in [0.15, 0.2) is 12.4 Å². The van der Waals surface area contributed by atoms with Gasteiger partial charge >= 0.3 is 47.8 Å². The van der Waals surface area contributed by atoms with E-state index in [2.05, 4.69) is 46.1 Å². The minimum absolute atomic E-state index is 0.0343. The van der Waals surface area contributed by atoms with E-state index in [4.69, 9.17) is 42.6 Å². The van der Waals surface area contributed by atoms with Gasteiger partial charge < -0.3 is 78.4 Å². The Hall–Kier alpha value is -17.1. The van der Waals surface area contributed by atoms with Gasteiger partial charge in [-0.3, -0.25) is 4.79 Å². The summed E-state index contributed by atoms with van der Waals surface area (Å²) in [7, 11) is 0. The first-order valence-electron chi connectivity index (χ1n) is 42.0. The zero-order valence-electron chi connectivity index (χ0n) is 75.7. The number of carbonyl (C=O) groups is 9. The topological polar surface area (TPSA) is 378 Å². The van der Waals surface area contributed by atoms with Crippen molar-refractivity contribution in [1.82, 2.24) is 0 Å². The van der Waals surface area contributed by atoms with Gasteiger partial charge in [0.25, 0.3) is 0 Å². The average molecular weight is 1830 g/mol. The molecule has 694 valence electrons. The second-order valence-electron chi connectivity index (χ2n) is 30.7. The molecule has 0 saturated heterocycles. The SMILES string of the molecule is C=C(C)C(=O)OCC(=O)Cc1ccc2cc(O)ccc2c1.C=C(C)C(=O)OCCOC(=O)c1cccc2c(O)cccc12.C=C(C)C(=O)OCCOc1cccc2c(O)cccc12.C=C(C)C(=O)OCCc1cccc2c(O)cccc12.C=C(C)C(=O)OCc1ccc2cc(O)ccc2c1.C=C(C)C(=O)OCc1cccc2c(O)cccc12.C=C(C)C(=O)Oc1ccc2cc(O)ccc2c1. The average Bonchev–Trinajstić information content (AvgIpc) is 0.794. The first-order valence-corrected chi connectivity index (χ1v) is 42.0. The van der Waals surface area contributed by atoms with E-state index in [0.29, 0.717) is 68.7 Å². The summed E-state index contributed by atoms with van der Waals surface area (Å²) < 4.78 is 45.7. The van der Waals surface area contributed by atoms with Crippen LogP contribution in [0.25, 0.3) is 75.4 Å². The molecule has 0 radical (unpaired) electrons. The molecule has 0 aromatic heterocycles. The fraction of sp³-hybridized carbons (Fsp3) is 0.155. The number of phenolic OH excluding ortho intramolecular Hbond substituents is 7. The third kappa shape index (κ3) is 31.9. The number of hydrogen-bond acceptors (Lipinski definition) is 25. The Balaban J connectivity index is 0.000000194. The van der Waals surface area contributed by atoms with Crippen LogP contribution in [0.15, 0.2) is 340 Å². The molecule has 0 amide bonds. The van der Waals surface area contributed by atoms with Crippen molar-refractivity contribution in [3.05, 3.63) is 368 Å². The highest BCUT2D eigenvalue weighted by Crippen LogP contribution is 2.34. The van der Waals surface area contributed by atoms with Gasteiger partial charge in [-0.15, -0.1) is 0 Å². The number of aromatic hydroxyl groups is 7. The molecule has 25 nitrogen and oxygen atoms in total. The van der Waals surface area contributed by atoms with Crippen LogP contribution in [0.1, 0.15) is 81.1 Å². The Kier molecular flexibility index (Phi) is 38.8. The number of carbonyl (C=O) groups excluding carboxylic acids is 9. The first-order chi connectivity index (χ1) is 64.3. The largest absolute Gasteiger partial charge is 0.508 e. The van der Waals surface area contributed by atoms with Crippen LogP contribution in [0.3, 0.4) is 0 Å². The summed E-state index contributed by atoms with van der Waals surface area (Å²) in [5.41, 5.74) is 6.43. The van der Waals surface area contributed by atoms with Gasteiger partial charge in [-0.25, -0.2) is 38.4 Å². The van der Waals surface area contributed by atoms with Gasteiger partial charge in [-0.1, -0.05) is 210 Å². The summed E-state index contributed by atoms with van der Waals surface area (Å²) in [5, 5.41) is 78.9. The van der Waals surface area contributed by atoms with Gasteiger partial charge in [0.1, 0.15) is 91.4 Å². The van der Waals surface area contributed by atoms with E-state index in [0.717, 1.165) is 86.9 Å². The lowest BCUT2D eigenvalue weighted by molar-refractivity contribution is -0.143. The molecular weight excluding hydrogens is 1720 g/mol. The predicted octanol–water partition coefficient (Wildman–Crippen LogP) is 21.2. The number of esters is 8. The Labute approximate surface area is 779 Å². The predicted molar refractivity (Wildman–Crippen MR) is 520 cm³/mol. The Bertz CT molecular complexity index is 6830. The van der Waals surface area contributed by atoms with Crippen LogP contribution in [-0.2, 0) is 97.6 Å². The van der Waals surface area contributed by atoms with Crippen molar-refractivity contribution < 1.29 is 122 Å². The maximum Gasteiger partial charge on any atom is 0.338 e. The highest BCUT2D eigenvalue weighted by molar-refractivity contribution is 6.06. The monoisotopic (exact) mass is 1820 g/mol. The quantitative estimate of drug-likeness (QED) is 0.00826. The molecule has 0 fully saturated rings. The molecule has 0 saturated carbocycles. The van der Waals surface area contributed by atoms with E-state index >= 15 is 0 Å². The molecule has 25 heteroatoms. The highest BCUT2D eigenvalue weighted by atomic mass is 16.6. The van der Waals surface area contributed by atoms with Crippen molar-refractivity contribution in [3.63, 3.8) is 0 Å². The number of ether oxygens (including phenoxy) is 9. The van der Waals surface area contributed by atoms with E-state index in [9.17, 15) is 78.9 Å². The van der Waals surface area contributed by atoms with Crippen molar-refractivity contribution in [1.29, 1.82) is 0 Å². The summed E-state index contributed by atoms with van der Waals surface area (Å²) in [5.74, 6) is -1.27. The molecule has 14 rings (SSSR count). The molecule has 14 aromatic rings. The molecule has 0 spiro atoms. The fourth-order valence-electron chi connectivity index (χ4n) is 12.5. The molecule has 135 heavy (non-hydrogen) atoms. The maximum absolute atomic E-state index is 12.1. The lowest BCUT2D eigenvalue weighted by Crippen LogP contribution is -2.15. The minimum Gasteiger partial charge on any atom is -0.508 e. The molecular formula is C110H104O25. The van der Waals surface area contributed by atoms with Crippen molar-refractivity contribution in [2.45, 2.75) is 74.5 Å². The molecule has 0 atom stereocenters. The minimum atomic E-state index is -0.558. The normalized spacial score (nSPS) is 10.3. The number of fused-ring (bicyclic) bond motifs is 7. The molecule has 0 unspecified atom stereocenters. The zero-order valence-corrected chi connectivity index (χ0v) is 75.7. The van der Waals surface area contributed by atoms with Crippen molar-refractivity contribution in [2.24, 2.45) is 0 Å². The van der Waals surface area contributed by atoms with E-state index in [1.54, 1.807) is 180 Å². The zero-order chi connectivity index (χ0) is 98.5. The van der Waals surface area contributed by atoms with Gasteiger partial charge in [-0.2, -0.15) is 0 Å². The number of ketones is 1. The summed E-state index contributed by atoms with van der Waals surface area (Å²) in [6, 6.07) is 74.2. The summed E-state index contributed by atoms with van der Waals surface area (Å²) >= 11 is 0. The summed E-state index contributed by atoms with van der Waals surface area (Å²) in [4.78, 5) is 103. The lowest BCUT2D eigenvalue weighted by atomic mass is 10.0. The van der Waals surface area contributed by atoms with Crippen LogP contribution in [0.4, 0.5) is 0 Å².